The number of carbonyl (C=O) groups excluding carboxylic acids is 4. The van der Waals surface area contributed by atoms with Gasteiger partial charge in [-0.05, 0) is 37.5 Å². The average molecular weight is 1410 g/mol. The summed E-state index contributed by atoms with van der Waals surface area (Å²) >= 11 is 0. The summed E-state index contributed by atoms with van der Waals surface area (Å²) in [7, 11) is -9.91. The van der Waals surface area contributed by atoms with Gasteiger partial charge in [-0.25, -0.2) is 9.13 Å². The van der Waals surface area contributed by atoms with Crippen LogP contribution in [0, 0.1) is 11.8 Å². The Morgan fingerprint density at radius 2 is 0.479 bits per heavy atom. The summed E-state index contributed by atoms with van der Waals surface area (Å²) in [6, 6.07) is 0. The Morgan fingerprint density at radius 1 is 0.281 bits per heavy atom. The van der Waals surface area contributed by atoms with Crippen molar-refractivity contribution in [3.8, 4) is 0 Å². The van der Waals surface area contributed by atoms with E-state index in [-0.39, 0.29) is 25.7 Å². The van der Waals surface area contributed by atoms with Crippen LogP contribution in [0.1, 0.15) is 401 Å². The topological polar surface area (TPSA) is 237 Å². The molecule has 0 bridgehead atoms. The van der Waals surface area contributed by atoms with Crippen molar-refractivity contribution in [1.82, 2.24) is 0 Å². The lowest BCUT2D eigenvalue weighted by molar-refractivity contribution is -0.161. The van der Waals surface area contributed by atoms with Crippen LogP contribution in [0.15, 0.2) is 0 Å². The van der Waals surface area contributed by atoms with E-state index in [1.165, 1.54) is 218 Å². The van der Waals surface area contributed by atoms with Gasteiger partial charge in [-0.3, -0.25) is 37.3 Å². The molecule has 19 heteroatoms. The van der Waals surface area contributed by atoms with E-state index < -0.39 is 97.5 Å². The minimum atomic E-state index is -4.96. The van der Waals surface area contributed by atoms with Crippen molar-refractivity contribution in [3.05, 3.63) is 0 Å². The van der Waals surface area contributed by atoms with Gasteiger partial charge in [0, 0.05) is 25.7 Å². The highest BCUT2D eigenvalue weighted by molar-refractivity contribution is 7.47. The Balaban J connectivity index is 5.24. The quantitative estimate of drug-likeness (QED) is 0.0222. The van der Waals surface area contributed by atoms with E-state index >= 15 is 0 Å². The lowest BCUT2D eigenvalue weighted by Crippen LogP contribution is -2.30. The zero-order valence-corrected chi connectivity index (χ0v) is 64.5. The molecular weight excluding hydrogens is 1260 g/mol. The van der Waals surface area contributed by atoms with E-state index in [9.17, 15) is 43.2 Å². The molecule has 3 N–H and O–H groups in total. The Bertz CT molecular complexity index is 1860. The predicted molar refractivity (Wildman–Crippen MR) is 391 cm³/mol. The molecule has 0 aliphatic heterocycles. The van der Waals surface area contributed by atoms with Gasteiger partial charge in [-0.2, -0.15) is 0 Å². The largest absolute Gasteiger partial charge is 0.472 e. The van der Waals surface area contributed by atoms with Crippen molar-refractivity contribution < 1.29 is 80.2 Å². The van der Waals surface area contributed by atoms with E-state index in [0.29, 0.717) is 25.7 Å². The molecular formula is C77H150O17P2. The Hall–Kier alpha value is -1.94. The number of aliphatic hydroxyl groups excluding tert-OH is 1. The maximum Gasteiger partial charge on any atom is 0.472 e. The zero-order chi connectivity index (χ0) is 70.7. The van der Waals surface area contributed by atoms with Crippen LogP contribution < -0.4 is 0 Å². The molecule has 0 saturated heterocycles. The van der Waals surface area contributed by atoms with Gasteiger partial charge in [0.25, 0.3) is 0 Å². The monoisotopic (exact) mass is 1410 g/mol. The van der Waals surface area contributed by atoms with Crippen LogP contribution in [0.3, 0.4) is 0 Å². The van der Waals surface area contributed by atoms with Crippen LogP contribution >= 0.6 is 15.6 Å². The van der Waals surface area contributed by atoms with Crippen molar-refractivity contribution in [1.29, 1.82) is 0 Å². The standard InChI is InChI=1S/C77H150O17P2/c1-7-9-11-13-15-17-19-21-22-23-24-25-26-28-30-36-44-50-56-62-77(82)93-72(65-87-74(79)59-53-47-41-34-32-31-33-39-45-51-57-69(3)4)67-91-95(83,84)89-63-71(78)64-90-96(85,86)92-68-73(66-88-75(80)60-54-48-42-38-37-40-46-52-58-70(5)6)94-76(81)61-55-49-43-35-29-27-20-18-16-14-12-10-8-2/h69-73,78H,7-68H2,1-6H3,(H,83,84)(H,85,86)/t71-,72-,73-/m1/s1. The number of phosphoric ester groups is 2. The maximum absolute atomic E-state index is 13.1. The third-order valence-electron chi connectivity index (χ3n) is 18.0. The van der Waals surface area contributed by atoms with Crippen molar-refractivity contribution in [2.75, 3.05) is 39.6 Å². The number of ether oxygens (including phenoxy) is 4. The lowest BCUT2D eigenvalue weighted by atomic mass is 10.0. The highest BCUT2D eigenvalue weighted by Crippen LogP contribution is 2.45. The summed E-state index contributed by atoms with van der Waals surface area (Å²) in [5.74, 6) is -0.629. The van der Waals surface area contributed by atoms with Gasteiger partial charge in [-0.15, -0.1) is 0 Å². The van der Waals surface area contributed by atoms with Crippen molar-refractivity contribution >= 4 is 39.5 Å². The Morgan fingerprint density at radius 3 is 0.708 bits per heavy atom. The molecule has 0 amide bonds. The first-order valence-electron chi connectivity index (χ1n) is 40.0. The summed E-state index contributed by atoms with van der Waals surface area (Å²) in [5, 5.41) is 10.6. The number of unbranched alkanes of at least 4 members (excludes halogenated alkanes) is 46. The summed E-state index contributed by atoms with van der Waals surface area (Å²) in [6.45, 7) is 9.57. The molecule has 0 radical (unpaired) electrons. The fraction of sp³-hybridized carbons (Fsp3) is 0.948. The Kier molecular flexibility index (Phi) is 67.4. The van der Waals surface area contributed by atoms with Crippen molar-refractivity contribution in [2.45, 2.75) is 419 Å². The normalized spacial score (nSPS) is 14.0. The number of aliphatic hydroxyl groups is 1. The van der Waals surface area contributed by atoms with Crippen LogP contribution in [-0.2, 0) is 65.4 Å². The molecule has 0 heterocycles. The first-order chi connectivity index (χ1) is 46.4. The second-order valence-corrected chi connectivity index (χ2v) is 31.6. The molecule has 17 nitrogen and oxygen atoms in total. The molecule has 0 rings (SSSR count). The SMILES string of the molecule is CCCCCCCCCCCCCCCCCCCCCC(=O)O[C@H](COC(=O)CCCCCCCCCCCCC(C)C)COP(=O)(O)OC[C@@H](O)COP(=O)(O)OC[C@@H](COC(=O)CCCCCCCCCCC(C)C)OC(=O)CCCCCCCCCCCCCCC. The average Bonchev–Trinajstić information content (AvgIpc) is 1.38. The summed E-state index contributed by atoms with van der Waals surface area (Å²) in [4.78, 5) is 72.9. The molecule has 570 valence electrons. The van der Waals surface area contributed by atoms with Crippen LogP contribution in [0.5, 0.6) is 0 Å². The van der Waals surface area contributed by atoms with Crippen molar-refractivity contribution in [3.63, 3.8) is 0 Å². The van der Waals surface area contributed by atoms with E-state index in [1.807, 2.05) is 0 Å². The van der Waals surface area contributed by atoms with Crippen LogP contribution in [0.25, 0.3) is 0 Å². The van der Waals surface area contributed by atoms with E-state index in [2.05, 4.69) is 41.5 Å². The fourth-order valence-electron chi connectivity index (χ4n) is 11.8. The third kappa shape index (κ3) is 70.5. The minimum absolute atomic E-state index is 0.107. The molecule has 0 fully saturated rings. The fourth-order valence-corrected chi connectivity index (χ4v) is 13.4. The maximum atomic E-state index is 13.1. The lowest BCUT2D eigenvalue weighted by Gasteiger charge is -2.21. The number of esters is 4. The van der Waals surface area contributed by atoms with Gasteiger partial charge in [0.2, 0.25) is 0 Å². The van der Waals surface area contributed by atoms with Gasteiger partial charge in [0.05, 0.1) is 26.4 Å². The molecule has 0 aromatic heterocycles. The molecule has 0 spiro atoms. The Labute approximate surface area is 588 Å². The number of phosphoric acid groups is 2. The van der Waals surface area contributed by atoms with Crippen LogP contribution in [0.2, 0.25) is 0 Å². The van der Waals surface area contributed by atoms with E-state index in [4.69, 9.17) is 37.0 Å². The smallest absolute Gasteiger partial charge is 0.462 e. The molecule has 0 aliphatic carbocycles. The first kappa shape index (κ1) is 94.1. The number of hydrogen-bond acceptors (Lipinski definition) is 15. The number of carbonyl (C=O) groups is 4. The van der Waals surface area contributed by atoms with E-state index in [0.717, 1.165) is 102 Å². The van der Waals surface area contributed by atoms with E-state index in [1.54, 1.807) is 0 Å². The molecule has 0 saturated carbocycles. The van der Waals surface area contributed by atoms with Gasteiger partial charge in [0.15, 0.2) is 12.2 Å². The highest BCUT2D eigenvalue weighted by atomic mass is 31.2. The molecule has 0 aromatic rings. The van der Waals surface area contributed by atoms with Gasteiger partial charge < -0.3 is 33.8 Å². The minimum Gasteiger partial charge on any atom is -0.462 e. The zero-order valence-electron chi connectivity index (χ0n) is 62.7. The molecule has 5 atom stereocenters. The van der Waals surface area contributed by atoms with Gasteiger partial charge >= 0.3 is 39.5 Å². The van der Waals surface area contributed by atoms with Gasteiger partial charge in [0.1, 0.15) is 19.3 Å². The molecule has 0 aliphatic rings. The second kappa shape index (κ2) is 68.8. The van der Waals surface area contributed by atoms with Crippen molar-refractivity contribution in [2.24, 2.45) is 11.8 Å². The predicted octanol–water partition coefficient (Wildman–Crippen LogP) is 22.7. The second-order valence-electron chi connectivity index (χ2n) is 28.7. The van der Waals surface area contributed by atoms with Gasteiger partial charge in [-0.1, -0.05) is 350 Å². The molecule has 0 aromatic carbocycles. The third-order valence-corrected chi connectivity index (χ3v) is 19.9. The van der Waals surface area contributed by atoms with Crippen LogP contribution in [-0.4, -0.2) is 96.7 Å². The van der Waals surface area contributed by atoms with Crippen LogP contribution in [0.4, 0.5) is 0 Å². The highest BCUT2D eigenvalue weighted by Gasteiger charge is 2.30. The summed E-state index contributed by atoms with van der Waals surface area (Å²) in [6.07, 6.45) is 56.9. The first-order valence-corrected chi connectivity index (χ1v) is 43.0. The summed E-state index contributed by atoms with van der Waals surface area (Å²) in [5.41, 5.74) is 0. The number of rotatable bonds is 76. The molecule has 2 unspecified atom stereocenters. The molecule has 96 heavy (non-hydrogen) atoms. The number of hydrogen-bond donors (Lipinski definition) is 3. The summed E-state index contributed by atoms with van der Waals surface area (Å²) < 4.78 is 68.6.